The number of hydrogen-bond acceptors (Lipinski definition) is 5. The Balaban J connectivity index is 2.03. The van der Waals surface area contributed by atoms with E-state index in [0.717, 1.165) is 11.1 Å². The molecular formula is C23H26ClN3O4. The van der Waals surface area contributed by atoms with E-state index in [1.54, 1.807) is 52.1 Å². The molecule has 2 heterocycles. The number of hydrogen-bond donors (Lipinski definition) is 1. The first kappa shape index (κ1) is 22.6. The Morgan fingerprint density at radius 2 is 1.87 bits per heavy atom. The number of benzene rings is 1. The zero-order valence-corrected chi connectivity index (χ0v) is 18.8. The van der Waals surface area contributed by atoms with E-state index in [-0.39, 0.29) is 13.2 Å². The van der Waals surface area contributed by atoms with E-state index < -0.39 is 17.7 Å². The van der Waals surface area contributed by atoms with E-state index in [4.69, 9.17) is 21.1 Å². The van der Waals surface area contributed by atoms with Crippen LogP contribution in [0.1, 0.15) is 38.2 Å². The fraction of sp³-hybridized carbons (Fsp3) is 0.348. The zero-order valence-electron chi connectivity index (χ0n) is 18.1. The largest absolute Gasteiger partial charge is 0.461 e. The fourth-order valence-corrected chi connectivity index (χ4v) is 3.42. The van der Waals surface area contributed by atoms with Crippen LogP contribution in [0.15, 0.2) is 42.6 Å². The molecule has 1 N–H and O–H groups in total. The molecule has 0 unspecified atom stereocenters. The maximum absolute atomic E-state index is 13.0. The molecule has 0 saturated heterocycles. The summed E-state index contributed by atoms with van der Waals surface area (Å²) in [6.07, 6.45) is 1.16. The fourth-order valence-electron chi connectivity index (χ4n) is 3.29. The predicted molar refractivity (Wildman–Crippen MR) is 120 cm³/mol. The van der Waals surface area contributed by atoms with Crippen LogP contribution in [0, 0.1) is 0 Å². The lowest BCUT2D eigenvalue weighted by Gasteiger charge is -2.20. The van der Waals surface area contributed by atoms with Crippen molar-refractivity contribution in [3.63, 3.8) is 0 Å². The Hall–Kier alpha value is -3.06. The van der Waals surface area contributed by atoms with Crippen LogP contribution >= 0.6 is 11.6 Å². The number of fused-ring (bicyclic) bond motifs is 1. The van der Waals surface area contributed by atoms with Crippen molar-refractivity contribution in [2.45, 2.75) is 39.8 Å². The maximum Gasteiger partial charge on any atom is 0.407 e. The number of rotatable bonds is 6. The van der Waals surface area contributed by atoms with Gasteiger partial charge in [0.2, 0.25) is 0 Å². The minimum atomic E-state index is -0.591. The Bertz CT molecular complexity index is 1080. The molecule has 0 fully saturated rings. The van der Waals surface area contributed by atoms with Gasteiger partial charge in [0.1, 0.15) is 11.3 Å². The van der Waals surface area contributed by atoms with Gasteiger partial charge in [-0.05, 0) is 57.5 Å². The standard InChI is InChI=1S/C23H26ClN3O4/c1-5-30-21(28)20-18(15-8-10-16(24)11-9-15)19-17(7-6-12-25-19)27(20)14-13-26-22(29)31-23(2,3)4/h6-12H,5,13-14H2,1-4H3,(H,26,29). The third-order valence-electron chi connectivity index (χ3n) is 4.43. The average molecular weight is 444 g/mol. The third-order valence-corrected chi connectivity index (χ3v) is 4.68. The molecule has 0 atom stereocenters. The number of esters is 1. The number of carbonyl (C=O) groups excluding carboxylic acids is 2. The molecule has 8 heteroatoms. The van der Waals surface area contributed by atoms with Crippen LogP contribution in [0.25, 0.3) is 22.2 Å². The maximum atomic E-state index is 13.0. The van der Waals surface area contributed by atoms with Gasteiger partial charge in [-0.25, -0.2) is 9.59 Å². The highest BCUT2D eigenvalue weighted by Crippen LogP contribution is 2.34. The second-order valence-corrected chi connectivity index (χ2v) is 8.34. The van der Waals surface area contributed by atoms with Crippen molar-refractivity contribution in [3.05, 3.63) is 53.3 Å². The highest BCUT2D eigenvalue weighted by atomic mass is 35.5. The minimum Gasteiger partial charge on any atom is -0.461 e. The number of halogens is 1. The molecule has 0 bridgehead atoms. The van der Waals surface area contributed by atoms with Crippen molar-refractivity contribution in [3.8, 4) is 11.1 Å². The molecule has 3 aromatic rings. The first-order valence-corrected chi connectivity index (χ1v) is 10.5. The van der Waals surface area contributed by atoms with Crippen LogP contribution in [-0.4, -0.2) is 40.4 Å². The zero-order chi connectivity index (χ0) is 22.6. The van der Waals surface area contributed by atoms with Crippen LogP contribution in [0.4, 0.5) is 4.79 Å². The molecule has 0 saturated carbocycles. The quantitative estimate of drug-likeness (QED) is 0.538. The summed E-state index contributed by atoms with van der Waals surface area (Å²) in [5.74, 6) is -0.456. The van der Waals surface area contributed by atoms with Crippen molar-refractivity contribution >= 4 is 34.7 Å². The van der Waals surface area contributed by atoms with Gasteiger partial charge in [-0.15, -0.1) is 0 Å². The highest BCUT2D eigenvalue weighted by molar-refractivity contribution is 6.30. The van der Waals surface area contributed by atoms with Crippen molar-refractivity contribution in [1.82, 2.24) is 14.9 Å². The molecule has 0 spiro atoms. The van der Waals surface area contributed by atoms with Gasteiger partial charge in [0.25, 0.3) is 0 Å². The molecule has 7 nitrogen and oxygen atoms in total. The molecule has 0 aliphatic rings. The average Bonchev–Trinajstić information content (AvgIpc) is 3.02. The number of ether oxygens (including phenoxy) is 2. The summed E-state index contributed by atoms with van der Waals surface area (Å²) in [6, 6.07) is 10.9. The van der Waals surface area contributed by atoms with Gasteiger partial charge in [0.05, 0.1) is 17.6 Å². The molecule has 0 aliphatic heterocycles. The van der Waals surface area contributed by atoms with Gasteiger partial charge in [-0.3, -0.25) is 4.98 Å². The summed E-state index contributed by atoms with van der Waals surface area (Å²) in [5, 5.41) is 3.33. The summed E-state index contributed by atoms with van der Waals surface area (Å²) in [6.45, 7) is 8.00. The predicted octanol–water partition coefficient (Wildman–Crippen LogP) is 5.06. The summed E-state index contributed by atoms with van der Waals surface area (Å²) in [4.78, 5) is 29.5. The van der Waals surface area contributed by atoms with Crippen molar-refractivity contribution in [1.29, 1.82) is 0 Å². The Kier molecular flexibility index (Phi) is 6.85. The Morgan fingerprint density at radius 3 is 2.52 bits per heavy atom. The number of amides is 1. The van der Waals surface area contributed by atoms with Gasteiger partial charge in [0.15, 0.2) is 0 Å². The lowest BCUT2D eigenvalue weighted by atomic mass is 10.0. The minimum absolute atomic E-state index is 0.240. The second-order valence-electron chi connectivity index (χ2n) is 7.90. The smallest absolute Gasteiger partial charge is 0.407 e. The van der Waals surface area contributed by atoms with Gasteiger partial charge in [-0.2, -0.15) is 0 Å². The molecule has 31 heavy (non-hydrogen) atoms. The van der Waals surface area contributed by atoms with Crippen LogP contribution < -0.4 is 5.32 Å². The molecule has 0 radical (unpaired) electrons. The summed E-state index contributed by atoms with van der Waals surface area (Å²) in [7, 11) is 0. The molecular weight excluding hydrogens is 418 g/mol. The Labute approximate surface area is 186 Å². The van der Waals surface area contributed by atoms with Crippen molar-refractivity contribution < 1.29 is 19.1 Å². The number of alkyl carbamates (subject to hydrolysis) is 1. The van der Waals surface area contributed by atoms with Gasteiger partial charge >= 0.3 is 12.1 Å². The van der Waals surface area contributed by atoms with E-state index in [2.05, 4.69) is 10.3 Å². The Morgan fingerprint density at radius 1 is 1.16 bits per heavy atom. The van der Waals surface area contributed by atoms with Gasteiger partial charge in [0, 0.05) is 29.9 Å². The highest BCUT2D eigenvalue weighted by Gasteiger charge is 2.26. The summed E-state index contributed by atoms with van der Waals surface area (Å²) >= 11 is 6.05. The monoisotopic (exact) mass is 443 g/mol. The lowest BCUT2D eigenvalue weighted by molar-refractivity contribution is 0.0515. The van der Waals surface area contributed by atoms with Crippen molar-refractivity contribution in [2.24, 2.45) is 0 Å². The summed E-state index contributed by atoms with van der Waals surface area (Å²) in [5.41, 5.74) is 2.69. The van der Waals surface area contributed by atoms with E-state index in [0.29, 0.717) is 28.3 Å². The lowest BCUT2D eigenvalue weighted by Crippen LogP contribution is -2.34. The van der Waals surface area contributed by atoms with Crippen LogP contribution in [0.5, 0.6) is 0 Å². The van der Waals surface area contributed by atoms with Crippen LogP contribution in [0.3, 0.4) is 0 Å². The van der Waals surface area contributed by atoms with E-state index >= 15 is 0 Å². The topological polar surface area (TPSA) is 82.5 Å². The first-order chi connectivity index (χ1) is 14.7. The van der Waals surface area contributed by atoms with E-state index in [9.17, 15) is 9.59 Å². The number of nitrogens with zero attached hydrogens (tertiary/aromatic N) is 2. The summed E-state index contributed by atoms with van der Waals surface area (Å²) < 4.78 is 12.5. The van der Waals surface area contributed by atoms with Crippen molar-refractivity contribution in [2.75, 3.05) is 13.2 Å². The molecule has 1 aromatic carbocycles. The van der Waals surface area contributed by atoms with E-state index in [1.165, 1.54) is 0 Å². The second kappa shape index (κ2) is 9.39. The molecule has 164 valence electrons. The molecule has 1 amide bonds. The van der Waals surface area contributed by atoms with Crippen LogP contribution in [-0.2, 0) is 16.0 Å². The number of nitrogens with one attached hydrogen (secondary N) is 1. The SMILES string of the molecule is CCOC(=O)c1c(-c2ccc(Cl)cc2)c2ncccc2n1CCNC(=O)OC(C)(C)C. The van der Waals surface area contributed by atoms with Gasteiger partial charge < -0.3 is 19.4 Å². The van der Waals surface area contributed by atoms with Gasteiger partial charge in [-0.1, -0.05) is 23.7 Å². The van der Waals surface area contributed by atoms with Crippen LogP contribution in [0.2, 0.25) is 5.02 Å². The molecule has 2 aromatic heterocycles. The third kappa shape index (κ3) is 5.35. The normalized spacial score (nSPS) is 11.4. The number of aromatic nitrogens is 2. The van der Waals surface area contributed by atoms with E-state index in [1.807, 2.05) is 22.8 Å². The first-order valence-electron chi connectivity index (χ1n) is 10.1. The number of pyridine rings is 1. The molecule has 3 rings (SSSR count). The number of carbonyl (C=O) groups is 2. The molecule has 0 aliphatic carbocycles.